The molecular formula is C12H6F5N. The second kappa shape index (κ2) is 4.36. The number of benzene rings is 1. The molecule has 0 aliphatic carbocycles. The molecule has 2 rings (SSSR count). The molecule has 0 spiro atoms. The summed E-state index contributed by atoms with van der Waals surface area (Å²) in [7, 11) is 0. The Balaban J connectivity index is 2.53. The predicted octanol–water partition coefficient (Wildman–Crippen LogP) is 4.05. The smallest absolute Gasteiger partial charge is 0.227 e. The minimum Gasteiger partial charge on any atom is -0.227 e. The Morgan fingerprint density at radius 2 is 1.56 bits per heavy atom. The summed E-state index contributed by atoms with van der Waals surface area (Å²) < 4.78 is 63.4. The Hall–Kier alpha value is -1.98. The van der Waals surface area contributed by atoms with Gasteiger partial charge in [0, 0.05) is 11.8 Å². The predicted molar refractivity (Wildman–Crippen MR) is 54.6 cm³/mol. The maximum absolute atomic E-state index is 13.4. The highest BCUT2D eigenvalue weighted by Gasteiger charge is 2.31. The summed E-state index contributed by atoms with van der Waals surface area (Å²) in [6.07, 6.45) is -4.18. The summed E-state index contributed by atoms with van der Waals surface area (Å²) in [6, 6.07) is 5.10. The molecule has 6 heteroatoms. The third-order valence-electron chi connectivity index (χ3n) is 2.32. The van der Waals surface area contributed by atoms with E-state index in [1.807, 2.05) is 0 Å². The van der Waals surface area contributed by atoms with Crippen molar-refractivity contribution in [2.45, 2.75) is 6.18 Å². The van der Waals surface area contributed by atoms with Crippen molar-refractivity contribution in [3.63, 3.8) is 0 Å². The lowest BCUT2D eigenvalue weighted by atomic mass is 10.1. The van der Waals surface area contributed by atoms with E-state index in [2.05, 4.69) is 4.98 Å². The Morgan fingerprint density at radius 3 is 2.11 bits per heavy atom. The molecule has 94 valence electrons. The van der Waals surface area contributed by atoms with Gasteiger partial charge in [0.25, 0.3) is 0 Å². The summed E-state index contributed by atoms with van der Waals surface area (Å²) in [5.41, 5.74) is -1.24. The van der Waals surface area contributed by atoms with Crippen LogP contribution in [0.1, 0.15) is 5.56 Å². The van der Waals surface area contributed by atoms with Crippen molar-refractivity contribution in [3.05, 3.63) is 53.9 Å². The van der Waals surface area contributed by atoms with Crippen molar-refractivity contribution in [1.29, 1.82) is 0 Å². The maximum atomic E-state index is 13.4. The summed E-state index contributed by atoms with van der Waals surface area (Å²) in [6.45, 7) is 0. The van der Waals surface area contributed by atoms with Crippen LogP contribution in [0.25, 0.3) is 11.1 Å². The number of hydrogen-bond donors (Lipinski definition) is 0. The minimum atomic E-state index is -4.60. The third kappa shape index (κ3) is 2.47. The number of rotatable bonds is 1. The van der Waals surface area contributed by atoms with Crippen LogP contribution in [0.5, 0.6) is 0 Å². The second-order valence-electron chi connectivity index (χ2n) is 3.57. The van der Waals surface area contributed by atoms with Crippen LogP contribution in [0.4, 0.5) is 22.0 Å². The van der Waals surface area contributed by atoms with Crippen LogP contribution in [-0.2, 0) is 6.18 Å². The summed E-state index contributed by atoms with van der Waals surface area (Å²) in [5, 5.41) is 0. The van der Waals surface area contributed by atoms with Gasteiger partial charge in [-0.15, -0.1) is 0 Å². The number of halogens is 5. The molecule has 0 N–H and O–H groups in total. The van der Waals surface area contributed by atoms with Gasteiger partial charge in [0.15, 0.2) is 0 Å². The lowest BCUT2D eigenvalue weighted by Gasteiger charge is -2.09. The SMILES string of the molecule is Fc1ccc(-c2cc(C(F)(F)F)cnc2F)cc1. The zero-order valence-electron chi connectivity index (χ0n) is 8.80. The molecule has 1 nitrogen and oxygen atoms in total. The van der Waals surface area contributed by atoms with E-state index in [4.69, 9.17) is 0 Å². The molecule has 0 fully saturated rings. The fraction of sp³-hybridized carbons (Fsp3) is 0.0833. The molecule has 0 atom stereocenters. The quantitative estimate of drug-likeness (QED) is 0.556. The molecule has 0 saturated carbocycles. The van der Waals surface area contributed by atoms with Crippen LogP contribution in [0.3, 0.4) is 0 Å². The molecule has 2 aromatic rings. The molecule has 0 radical (unpaired) electrons. The molecule has 0 unspecified atom stereocenters. The zero-order valence-corrected chi connectivity index (χ0v) is 8.80. The van der Waals surface area contributed by atoms with Crippen molar-refractivity contribution >= 4 is 0 Å². The van der Waals surface area contributed by atoms with E-state index in [1.165, 1.54) is 12.1 Å². The van der Waals surface area contributed by atoms with E-state index < -0.39 is 23.5 Å². The molecule has 0 bridgehead atoms. The van der Waals surface area contributed by atoms with Gasteiger partial charge in [-0.3, -0.25) is 0 Å². The Bertz CT molecular complexity index is 560. The minimum absolute atomic E-state index is 0.132. The zero-order chi connectivity index (χ0) is 13.3. The lowest BCUT2D eigenvalue weighted by Crippen LogP contribution is -2.06. The molecule has 0 amide bonds. The molecule has 1 aromatic heterocycles. The molecule has 0 aliphatic heterocycles. The van der Waals surface area contributed by atoms with Gasteiger partial charge in [0.05, 0.1) is 5.56 Å². The fourth-order valence-electron chi connectivity index (χ4n) is 1.43. The lowest BCUT2D eigenvalue weighted by molar-refractivity contribution is -0.137. The summed E-state index contributed by atoms with van der Waals surface area (Å²) in [5.74, 6) is -1.59. The highest BCUT2D eigenvalue weighted by Crippen LogP contribution is 2.32. The van der Waals surface area contributed by atoms with Gasteiger partial charge in [-0.2, -0.15) is 17.6 Å². The summed E-state index contributed by atoms with van der Waals surface area (Å²) >= 11 is 0. The van der Waals surface area contributed by atoms with Gasteiger partial charge in [0.1, 0.15) is 5.82 Å². The molecular weight excluding hydrogens is 253 g/mol. The van der Waals surface area contributed by atoms with E-state index in [0.29, 0.717) is 12.3 Å². The van der Waals surface area contributed by atoms with Crippen molar-refractivity contribution in [2.24, 2.45) is 0 Å². The van der Waals surface area contributed by atoms with Gasteiger partial charge in [-0.05, 0) is 23.8 Å². The van der Waals surface area contributed by atoms with Gasteiger partial charge in [-0.1, -0.05) is 12.1 Å². The standard InChI is InChI=1S/C12H6F5N/c13-9-3-1-7(2-4-9)10-5-8(12(15,16)17)6-18-11(10)14/h1-6H. The van der Waals surface area contributed by atoms with Crippen LogP contribution in [0.2, 0.25) is 0 Å². The van der Waals surface area contributed by atoms with Crippen molar-refractivity contribution in [3.8, 4) is 11.1 Å². The Kier molecular flexibility index (Phi) is 3.02. The topological polar surface area (TPSA) is 12.9 Å². The fourth-order valence-corrected chi connectivity index (χ4v) is 1.43. The Morgan fingerprint density at radius 1 is 0.944 bits per heavy atom. The summed E-state index contributed by atoms with van der Waals surface area (Å²) in [4.78, 5) is 3.06. The van der Waals surface area contributed by atoms with Gasteiger partial charge < -0.3 is 0 Å². The number of aromatic nitrogens is 1. The number of hydrogen-bond acceptors (Lipinski definition) is 1. The number of nitrogens with zero attached hydrogens (tertiary/aromatic N) is 1. The second-order valence-corrected chi connectivity index (χ2v) is 3.57. The van der Waals surface area contributed by atoms with E-state index in [9.17, 15) is 22.0 Å². The normalized spacial score (nSPS) is 11.6. The van der Waals surface area contributed by atoms with Gasteiger partial charge in [-0.25, -0.2) is 9.37 Å². The average molecular weight is 259 g/mol. The molecule has 1 aromatic carbocycles. The first-order valence-electron chi connectivity index (χ1n) is 4.86. The molecule has 0 aliphatic rings. The van der Waals surface area contributed by atoms with Crippen LogP contribution in [0.15, 0.2) is 36.5 Å². The first kappa shape index (κ1) is 12.5. The van der Waals surface area contributed by atoms with Crippen LogP contribution in [0, 0.1) is 11.8 Å². The number of alkyl halides is 3. The first-order chi connectivity index (χ1) is 8.38. The monoisotopic (exact) mass is 259 g/mol. The third-order valence-corrected chi connectivity index (χ3v) is 2.32. The van der Waals surface area contributed by atoms with Crippen LogP contribution in [-0.4, -0.2) is 4.98 Å². The molecule has 1 heterocycles. The van der Waals surface area contributed by atoms with Gasteiger partial charge in [0.2, 0.25) is 5.95 Å². The van der Waals surface area contributed by atoms with Crippen LogP contribution >= 0.6 is 0 Å². The largest absolute Gasteiger partial charge is 0.417 e. The maximum Gasteiger partial charge on any atom is 0.417 e. The number of pyridine rings is 1. The van der Waals surface area contributed by atoms with Crippen LogP contribution < -0.4 is 0 Å². The van der Waals surface area contributed by atoms with Crippen molar-refractivity contribution < 1.29 is 22.0 Å². The highest BCUT2D eigenvalue weighted by molar-refractivity contribution is 5.63. The Labute approximate surface area is 98.9 Å². The molecule has 18 heavy (non-hydrogen) atoms. The van der Waals surface area contributed by atoms with E-state index in [0.717, 1.165) is 12.1 Å². The first-order valence-corrected chi connectivity index (χ1v) is 4.86. The van der Waals surface area contributed by atoms with Crippen molar-refractivity contribution in [2.75, 3.05) is 0 Å². The van der Waals surface area contributed by atoms with E-state index in [-0.39, 0.29) is 11.1 Å². The average Bonchev–Trinajstić information content (AvgIpc) is 2.29. The van der Waals surface area contributed by atoms with Gasteiger partial charge >= 0.3 is 6.18 Å². The molecule has 0 saturated heterocycles. The van der Waals surface area contributed by atoms with Crippen molar-refractivity contribution in [1.82, 2.24) is 4.98 Å². The van der Waals surface area contributed by atoms with E-state index >= 15 is 0 Å². The van der Waals surface area contributed by atoms with E-state index in [1.54, 1.807) is 0 Å². The highest BCUT2D eigenvalue weighted by atomic mass is 19.4.